The van der Waals surface area contributed by atoms with Gasteiger partial charge in [-0.25, -0.2) is 4.98 Å². The van der Waals surface area contributed by atoms with E-state index in [0.29, 0.717) is 4.47 Å². The zero-order valence-corrected chi connectivity index (χ0v) is 11.7. The van der Waals surface area contributed by atoms with Crippen molar-refractivity contribution in [3.05, 3.63) is 26.8 Å². The Kier molecular flexibility index (Phi) is 3.96. The lowest BCUT2D eigenvalue weighted by Crippen LogP contribution is -2.33. The fraction of sp³-hybridized carbons (Fsp3) is 0.636. The van der Waals surface area contributed by atoms with E-state index >= 15 is 0 Å². The predicted octanol–water partition coefficient (Wildman–Crippen LogP) is 0.841. The van der Waals surface area contributed by atoms with Crippen LogP contribution in [0.4, 0.5) is 0 Å². The number of hydrogen-bond donors (Lipinski definition) is 1. The zero-order chi connectivity index (χ0) is 12.4. The first-order valence-corrected chi connectivity index (χ1v) is 6.50. The van der Waals surface area contributed by atoms with Gasteiger partial charge in [0.1, 0.15) is 10.3 Å². The van der Waals surface area contributed by atoms with Crippen molar-refractivity contribution >= 4 is 15.9 Å². The van der Waals surface area contributed by atoms with Crippen LogP contribution in [0.3, 0.4) is 0 Å². The molecule has 1 N–H and O–H groups in total. The number of likely N-dealkylation sites (N-methyl/N-ethyl adjacent to an activating group) is 2. The Balaban J connectivity index is 2.29. The first-order valence-electron chi connectivity index (χ1n) is 5.71. The first kappa shape index (κ1) is 12.7. The van der Waals surface area contributed by atoms with E-state index in [9.17, 15) is 4.79 Å². The molecule has 2 rings (SSSR count). The SMILES string of the molecule is CN1CCCN(C)C(c2ncc(Br)c(=O)[nH]2)C1. The highest BCUT2D eigenvalue weighted by molar-refractivity contribution is 9.10. The van der Waals surface area contributed by atoms with Gasteiger partial charge in [-0.05, 0) is 49.5 Å². The summed E-state index contributed by atoms with van der Waals surface area (Å²) in [7, 11) is 4.18. The summed E-state index contributed by atoms with van der Waals surface area (Å²) < 4.78 is 0.478. The molecular formula is C11H17BrN4O. The van der Waals surface area contributed by atoms with Crippen LogP contribution in [0.15, 0.2) is 15.5 Å². The van der Waals surface area contributed by atoms with Crippen molar-refractivity contribution < 1.29 is 0 Å². The molecule has 6 heteroatoms. The van der Waals surface area contributed by atoms with Crippen LogP contribution < -0.4 is 5.56 Å². The van der Waals surface area contributed by atoms with Crippen molar-refractivity contribution in [1.29, 1.82) is 0 Å². The van der Waals surface area contributed by atoms with Gasteiger partial charge < -0.3 is 9.88 Å². The van der Waals surface area contributed by atoms with Gasteiger partial charge in [0, 0.05) is 12.7 Å². The Hall–Kier alpha value is -0.720. The number of H-pyrrole nitrogens is 1. The minimum Gasteiger partial charge on any atom is -0.308 e. The monoisotopic (exact) mass is 300 g/mol. The smallest absolute Gasteiger partial charge is 0.265 e. The van der Waals surface area contributed by atoms with Crippen LogP contribution in [0.25, 0.3) is 0 Å². The van der Waals surface area contributed by atoms with Gasteiger partial charge in [-0.2, -0.15) is 0 Å². The van der Waals surface area contributed by atoms with Gasteiger partial charge >= 0.3 is 0 Å². The molecule has 1 aromatic rings. The predicted molar refractivity (Wildman–Crippen MR) is 70.0 cm³/mol. The number of rotatable bonds is 1. The molecular weight excluding hydrogens is 284 g/mol. The largest absolute Gasteiger partial charge is 0.308 e. The maximum Gasteiger partial charge on any atom is 0.265 e. The molecule has 0 bridgehead atoms. The van der Waals surface area contributed by atoms with Crippen LogP contribution in [-0.2, 0) is 0 Å². The molecule has 0 spiro atoms. The summed E-state index contributed by atoms with van der Waals surface area (Å²) in [6.07, 6.45) is 2.72. The summed E-state index contributed by atoms with van der Waals surface area (Å²) in [5, 5.41) is 0. The van der Waals surface area contributed by atoms with Gasteiger partial charge in [0.05, 0.1) is 6.04 Å². The Bertz CT molecular complexity index is 447. The summed E-state index contributed by atoms with van der Waals surface area (Å²) in [4.78, 5) is 23.3. The quantitative estimate of drug-likeness (QED) is 0.835. The molecule has 0 amide bonds. The van der Waals surface area contributed by atoms with E-state index in [-0.39, 0.29) is 11.6 Å². The molecule has 0 aliphatic carbocycles. The van der Waals surface area contributed by atoms with Gasteiger partial charge in [0.2, 0.25) is 0 Å². The third kappa shape index (κ3) is 2.94. The fourth-order valence-electron chi connectivity index (χ4n) is 2.13. The van der Waals surface area contributed by atoms with Crippen molar-refractivity contribution in [2.45, 2.75) is 12.5 Å². The molecule has 1 atom stereocenters. The highest BCUT2D eigenvalue weighted by Crippen LogP contribution is 2.19. The van der Waals surface area contributed by atoms with Crippen LogP contribution in [0, 0.1) is 0 Å². The van der Waals surface area contributed by atoms with Crippen molar-refractivity contribution in [2.75, 3.05) is 33.7 Å². The van der Waals surface area contributed by atoms with E-state index in [1.165, 1.54) is 0 Å². The minimum absolute atomic E-state index is 0.115. The maximum atomic E-state index is 11.6. The highest BCUT2D eigenvalue weighted by Gasteiger charge is 2.23. The highest BCUT2D eigenvalue weighted by atomic mass is 79.9. The van der Waals surface area contributed by atoms with E-state index in [1.807, 2.05) is 0 Å². The van der Waals surface area contributed by atoms with Crippen LogP contribution in [-0.4, -0.2) is 53.5 Å². The second-order valence-electron chi connectivity index (χ2n) is 4.56. The normalized spacial score (nSPS) is 23.6. The molecule has 1 fully saturated rings. The molecule has 5 nitrogen and oxygen atoms in total. The first-order chi connectivity index (χ1) is 8.08. The Labute approximate surface area is 109 Å². The topological polar surface area (TPSA) is 52.2 Å². The van der Waals surface area contributed by atoms with Crippen LogP contribution in [0.2, 0.25) is 0 Å². The lowest BCUT2D eigenvalue weighted by atomic mass is 10.2. The van der Waals surface area contributed by atoms with Gasteiger partial charge in [-0.15, -0.1) is 0 Å². The summed E-state index contributed by atoms with van der Waals surface area (Å²) in [6, 6.07) is 0.156. The number of aromatic nitrogens is 2. The summed E-state index contributed by atoms with van der Waals surface area (Å²) in [5.41, 5.74) is -0.115. The van der Waals surface area contributed by atoms with Crippen molar-refractivity contribution in [3.8, 4) is 0 Å². The lowest BCUT2D eigenvalue weighted by Gasteiger charge is -2.26. The van der Waals surface area contributed by atoms with Gasteiger partial charge in [-0.1, -0.05) is 0 Å². The minimum atomic E-state index is -0.115. The van der Waals surface area contributed by atoms with Crippen molar-refractivity contribution in [3.63, 3.8) is 0 Å². The third-order valence-electron chi connectivity index (χ3n) is 3.16. The number of nitrogens with one attached hydrogen (secondary N) is 1. The Morgan fingerprint density at radius 3 is 2.94 bits per heavy atom. The van der Waals surface area contributed by atoms with Crippen LogP contribution >= 0.6 is 15.9 Å². The zero-order valence-electron chi connectivity index (χ0n) is 10.1. The molecule has 1 saturated heterocycles. The van der Waals surface area contributed by atoms with Crippen molar-refractivity contribution in [1.82, 2.24) is 19.8 Å². The average molecular weight is 301 g/mol. The number of halogens is 1. The number of aromatic amines is 1. The molecule has 1 aliphatic heterocycles. The van der Waals surface area contributed by atoms with E-state index in [2.05, 4.69) is 49.8 Å². The molecule has 0 aromatic carbocycles. The second-order valence-corrected chi connectivity index (χ2v) is 5.41. The second kappa shape index (κ2) is 5.29. The fourth-order valence-corrected chi connectivity index (χ4v) is 2.33. The molecule has 1 aromatic heterocycles. The van der Waals surface area contributed by atoms with E-state index in [1.54, 1.807) is 6.20 Å². The van der Waals surface area contributed by atoms with Gasteiger partial charge in [0.15, 0.2) is 0 Å². The summed E-state index contributed by atoms with van der Waals surface area (Å²) in [6.45, 7) is 3.00. The maximum absolute atomic E-state index is 11.6. The van der Waals surface area contributed by atoms with Gasteiger partial charge in [-0.3, -0.25) is 9.69 Å². The molecule has 2 heterocycles. The van der Waals surface area contributed by atoms with E-state index in [0.717, 1.165) is 31.9 Å². The molecule has 0 radical (unpaired) electrons. The molecule has 94 valence electrons. The molecule has 17 heavy (non-hydrogen) atoms. The lowest BCUT2D eigenvalue weighted by molar-refractivity contribution is 0.219. The third-order valence-corrected chi connectivity index (χ3v) is 3.72. The average Bonchev–Trinajstić information content (AvgIpc) is 2.45. The molecule has 1 aliphatic rings. The molecule has 0 saturated carbocycles. The Morgan fingerprint density at radius 1 is 1.47 bits per heavy atom. The standard InChI is InChI=1S/C11H17BrN4O/c1-15-4-3-5-16(2)9(7-15)10-13-6-8(12)11(17)14-10/h6,9H,3-5,7H2,1-2H3,(H,13,14,17). The molecule has 1 unspecified atom stereocenters. The number of hydrogen-bond acceptors (Lipinski definition) is 4. The number of nitrogens with zero attached hydrogens (tertiary/aromatic N) is 3. The summed E-state index contributed by atoms with van der Waals surface area (Å²) >= 11 is 3.17. The van der Waals surface area contributed by atoms with Crippen molar-refractivity contribution in [2.24, 2.45) is 0 Å². The summed E-state index contributed by atoms with van der Waals surface area (Å²) in [5.74, 6) is 0.745. The van der Waals surface area contributed by atoms with E-state index in [4.69, 9.17) is 0 Å². The van der Waals surface area contributed by atoms with E-state index < -0.39 is 0 Å². The van der Waals surface area contributed by atoms with Gasteiger partial charge in [0.25, 0.3) is 5.56 Å². The van der Waals surface area contributed by atoms with Crippen LogP contribution in [0.5, 0.6) is 0 Å². The van der Waals surface area contributed by atoms with Crippen LogP contribution in [0.1, 0.15) is 18.3 Å². The Morgan fingerprint density at radius 2 is 2.24 bits per heavy atom.